The van der Waals surface area contributed by atoms with Gasteiger partial charge in [-0.3, -0.25) is 9.78 Å². The average Bonchev–Trinajstić information content (AvgIpc) is 3.58. The number of rotatable bonds is 10. The molecule has 6 rings (SSSR count). The van der Waals surface area contributed by atoms with Crippen LogP contribution in [0.15, 0.2) is 77.3 Å². The summed E-state index contributed by atoms with van der Waals surface area (Å²) in [7, 11) is 1.66. The van der Waals surface area contributed by atoms with Crippen LogP contribution in [0.2, 0.25) is 0 Å². The summed E-state index contributed by atoms with van der Waals surface area (Å²) >= 11 is 0. The Labute approximate surface area is 232 Å². The topological polar surface area (TPSA) is 94.9 Å². The van der Waals surface area contributed by atoms with Gasteiger partial charge in [0.15, 0.2) is 11.5 Å². The Kier molecular flexibility index (Phi) is 7.14. The third-order valence-corrected chi connectivity index (χ3v) is 7.11. The van der Waals surface area contributed by atoms with Gasteiger partial charge in [-0.25, -0.2) is 0 Å². The van der Waals surface area contributed by atoms with E-state index < -0.39 is 0 Å². The van der Waals surface area contributed by atoms with Crippen molar-refractivity contribution in [3.05, 3.63) is 78.5 Å². The lowest BCUT2D eigenvalue weighted by molar-refractivity contribution is -0.120. The lowest BCUT2D eigenvalue weighted by atomic mass is 10.0. The van der Waals surface area contributed by atoms with Gasteiger partial charge in [-0.05, 0) is 38.0 Å². The van der Waals surface area contributed by atoms with Gasteiger partial charge in [0.25, 0.3) is 0 Å². The number of amides is 1. The number of hydrogen-bond donors (Lipinski definition) is 2. The molecule has 1 aliphatic rings. The quantitative estimate of drug-likeness (QED) is 0.201. The van der Waals surface area contributed by atoms with Crippen LogP contribution >= 0.6 is 0 Å². The van der Waals surface area contributed by atoms with E-state index >= 15 is 0 Å². The van der Waals surface area contributed by atoms with Gasteiger partial charge >= 0.3 is 0 Å². The SMILES string of the molecule is COc1cc(NC(C)CCCNC(=O)Cc2c(-c3ccccc3)oc3cc4c(cc23)OCO4)c2ncccc2c1. The first kappa shape index (κ1) is 25.6. The maximum absolute atomic E-state index is 13.1. The second kappa shape index (κ2) is 11.2. The van der Waals surface area contributed by atoms with Crippen molar-refractivity contribution in [2.45, 2.75) is 32.2 Å². The third-order valence-electron chi connectivity index (χ3n) is 7.11. The molecule has 0 radical (unpaired) electrons. The number of carbonyl (C=O) groups excluding carboxylic acids is 1. The average molecular weight is 538 g/mol. The summed E-state index contributed by atoms with van der Waals surface area (Å²) in [4.78, 5) is 17.6. The first-order valence-corrected chi connectivity index (χ1v) is 13.5. The molecule has 1 amide bonds. The third kappa shape index (κ3) is 5.25. The fourth-order valence-corrected chi connectivity index (χ4v) is 5.13. The molecule has 0 spiro atoms. The van der Waals surface area contributed by atoms with E-state index in [1.54, 1.807) is 13.3 Å². The van der Waals surface area contributed by atoms with Gasteiger partial charge in [0.2, 0.25) is 12.7 Å². The number of pyridine rings is 1. The number of ether oxygens (including phenoxy) is 3. The first-order chi connectivity index (χ1) is 19.6. The van der Waals surface area contributed by atoms with E-state index in [4.69, 9.17) is 18.6 Å². The number of fused-ring (bicyclic) bond motifs is 3. The Morgan fingerprint density at radius 1 is 1.05 bits per heavy atom. The zero-order valence-corrected chi connectivity index (χ0v) is 22.5. The second-order valence-corrected chi connectivity index (χ2v) is 9.94. The molecule has 0 aliphatic carbocycles. The highest BCUT2D eigenvalue weighted by molar-refractivity contribution is 5.95. The Morgan fingerprint density at radius 2 is 1.88 bits per heavy atom. The van der Waals surface area contributed by atoms with Gasteiger partial charge in [-0.15, -0.1) is 0 Å². The molecule has 5 aromatic rings. The molecule has 8 heteroatoms. The fourth-order valence-electron chi connectivity index (χ4n) is 5.13. The van der Waals surface area contributed by atoms with Crippen molar-refractivity contribution in [3.8, 4) is 28.6 Å². The van der Waals surface area contributed by atoms with Gasteiger partial charge in [0, 0.05) is 52.8 Å². The summed E-state index contributed by atoms with van der Waals surface area (Å²) < 4.78 is 22.8. The Balaban J connectivity index is 1.10. The predicted octanol–water partition coefficient (Wildman–Crippen LogP) is 6.32. The van der Waals surface area contributed by atoms with E-state index in [-0.39, 0.29) is 25.2 Å². The number of furan rings is 1. The van der Waals surface area contributed by atoms with E-state index in [9.17, 15) is 4.79 Å². The Bertz CT molecular complexity index is 1660. The first-order valence-electron chi connectivity index (χ1n) is 13.5. The summed E-state index contributed by atoms with van der Waals surface area (Å²) in [6.07, 6.45) is 3.69. The standard InChI is InChI=1S/C32H31N3O5/c1-20(35-26-15-23(37-2)14-22-11-7-13-34-31(22)26)8-6-12-33-30(36)17-25-24-16-28-29(39-19-38-28)18-27(24)40-32(25)21-9-4-3-5-10-21/h3-5,7,9-11,13-16,18,20,35H,6,8,12,17,19H2,1-2H3,(H,33,36). The van der Waals surface area contributed by atoms with Crippen molar-refractivity contribution in [2.75, 3.05) is 25.8 Å². The predicted molar refractivity (Wildman–Crippen MR) is 155 cm³/mol. The molecule has 0 bridgehead atoms. The summed E-state index contributed by atoms with van der Waals surface area (Å²) in [5, 5.41) is 8.53. The number of nitrogens with zero attached hydrogens (tertiary/aromatic N) is 1. The molecule has 0 fully saturated rings. The lowest BCUT2D eigenvalue weighted by Gasteiger charge is -2.17. The van der Waals surface area contributed by atoms with Crippen molar-refractivity contribution < 1.29 is 23.4 Å². The highest BCUT2D eigenvalue weighted by atomic mass is 16.7. The number of carbonyl (C=O) groups is 1. The van der Waals surface area contributed by atoms with Gasteiger partial charge in [0.1, 0.15) is 17.1 Å². The molecule has 0 saturated carbocycles. The minimum Gasteiger partial charge on any atom is -0.497 e. The van der Waals surface area contributed by atoms with Crippen LogP contribution in [-0.2, 0) is 11.2 Å². The Morgan fingerprint density at radius 3 is 2.70 bits per heavy atom. The summed E-state index contributed by atoms with van der Waals surface area (Å²) in [5.41, 5.74) is 4.28. The van der Waals surface area contributed by atoms with Crippen LogP contribution in [0.25, 0.3) is 33.2 Å². The van der Waals surface area contributed by atoms with Crippen molar-refractivity contribution in [3.63, 3.8) is 0 Å². The van der Waals surface area contributed by atoms with Crippen LogP contribution in [-0.4, -0.2) is 37.4 Å². The minimum absolute atomic E-state index is 0.0545. The van der Waals surface area contributed by atoms with Gasteiger partial charge in [0.05, 0.1) is 24.7 Å². The van der Waals surface area contributed by atoms with Crippen LogP contribution in [0.3, 0.4) is 0 Å². The van der Waals surface area contributed by atoms with Crippen LogP contribution < -0.4 is 24.8 Å². The molecule has 3 heterocycles. The van der Waals surface area contributed by atoms with Crippen LogP contribution in [0.1, 0.15) is 25.3 Å². The number of benzene rings is 3. The molecule has 2 aromatic heterocycles. The highest BCUT2D eigenvalue weighted by Gasteiger charge is 2.23. The van der Waals surface area contributed by atoms with Gasteiger partial charge in [-0.2, -0.15) is 0 Å². The summed E-state index contributed by atoms with van der Waals surface area (Å²) in [5.74, 6) is 2.73. The van der Waals surface area contributed by atoms with E-state index in [1.807, 2.05) is 66.7 Å². The second-order valence-electron chi connectivity index (χ2n) is 9.94. The molecule has 40 heavy (non-hydrogen) atoms. The molecule has 1 unspecified atom stereocenters. The molecule has 2 N–H and O–H groups in total. The molecule has 1 aliphatic heterocycles. The molecule has 204 valence electrons. The van der Waals surface area contributed by atoms with Crippen molar-refractivity contribution in [1.82, 2.24) is 10.3 Å². The fraction of sp³-hybridized carbons (Fsp3) is 0.250. The van der Waals surface area contributed by atoms with E-state index in [2.05, 4.69) is 22.5 Å². The van der Waals surface area contributed by atoms with Gasteiger partial charge < -0.3 is 29.3 Å². The zero-order chi connectivity index (χ0) is 27.5. The summed E-state index contributed by atoms with van der Waals surface area (Å²) in [6, 6.07) is 21.6. The zero-order valence-electron chi connectivity index (χ0n) is 22.5. The van der Waals surface area contributed by atoms with E-state index in [0.717, 1.165) is 51.7 Å². The molecular weight excluding hydrogens is 506 g/mol. The van der Waals surface area contributed by atoms with Gasteiger partial charge in [-0.1, -0.05) is 36.4 Å². The summed E-state index contributed by atoms with van der Waals surface area (Å²) in [6.45, 7) is 2.88. The number of aromatic nitrogens is 1. The number of hydrogen-bond acceptors (Lipinski definition) is 7. The van der Waals surface area contributed by atoms with E-state index in [1.165, 1.54) is 0 Å². The monoisotopic (exact) mass is 537 g/mol. The Hall–Kier alpha value is -4.72. The molecule has 3 aromatic carbocycles. The lowest BCUT2D eigenvalue weighted by Crippen LogP contribution is -2.27. The van der Waals surface area contributed by atoms with Crippen molar-refractivity contribution in [1.29, 1.82) is 0 Å². The minimum atomic E-state index is -0.0545. The molecule has 1 atom stereocenters. The maximum atomic E-state index is 13.1. The maximum Gasteiger partial charge on any atom is 0.231 e. The van der Waals surface area contributed by atoms with Crippen molar-refractivity contribution in [2.24, 2.45) is 0 Å². The highest BCUT2D eigenvalue weighted by Crippen LogP contribution is 2.42. The number of nitrogens with one attached hydrogen (secondary N) is 2. The largest absolute Gasteiger partial charge is 0.497 e. The smallest absolute Gasteiger partial charge is 0.231 e. The van der Waals surface area contributed by atoms with Crippen LogP contribution in [0, 0.1) is 0 Å². The number of anilines is 1. The van der Waals surface area contributed by atoms with Crippen molar-refractivity contribution >= 4 is 33.5 Å². The normalized spacial score (nSPS) is 12.9. The van der Waals surface area contributed by atoms with Crippen LogP contribution in [0.5, 0.6) is 17.2 Å². The van der Waals surface area contributed by atoms with E-state index in [0.29, 0.717) is 29.4 Å². The molecule has 8 nitrogen and oxygen atoms in total. The molecular formula is C32H31N3O5. The van der Waals surface area contributed by atoms with Crippen LogP contribution in [0.4, 0.5) is 5.69 Å². The molecule has 0 saturated heterocycles. The number of methoxy groups -OCH3 is 1.